The Morgan fingerprint density at radius 2 is 0.863 bits per heavy atom. The molecule has 1 aliphatic rings. The van der Waals surface area contributed by atoms with Crippen LogP contribution >= 0.6 is 11.8 Å². The van der Waals surface area contributed by atoms with E-state index >= 15 is 0 Å². The van der Waals surface area contributed by atoms with E-state index in [1.807, 2.05) is 0 Å². The average molecular weight is 1650 g/mol. The maximum absolute atomic E-state index is 14.9. The highest BCUT2D eigenvalue weighted by Gasteiger charge is 2.42. The van der Waals surface area contributed by atoms with Crippen LogP contribution in [0.5, 0.6) is 5.75 Å². The molecule has 0 unspecified atom stereocenters. The second kappa shape index (κ2) is 49.0. The van der Waals surface area contributed by atoms with E-state index in [1.165, 1.54) is 40.9 Å². The highest BCUT2D eigenvalue weighted by Crippen LogP contribution is 2.23. The summed E-state index contributed by atoms with van der Waals surface area (Å²) in [5, 5.41) is 89.9. The van der Waals surface area contributed by atoms with E-state index in [9.17, 15) is 92.7 Å². The molecular formula is C81H116N16O19S. The first kappa shape index (κ1) is 96.3. The molecule has 14 atom stereocenters. The fraction of sp³-hybridized carbons (Fsp3) is 0.519. The molecule has 4 aromatic carbocycles. The summed E-state index contributed by atoms with van der Waals surface area (Å²) in [4.78, 5) is 199. The highest BCUT2D eigenvalue weighted by molar-refractivity contribution is 7.98. The summed E-state index contributed by atoms with van der Waals surface area (Å²) in [6.45, 7) is 10.6. The van der Waals surface area contributed by atoms with Crippen LogP contribution in [0, 0.1) is 23.2 Å². The van der Waals surface area contributed by atoms with E-state index in [-0.39, 0.29) is 107 Å². The van der Waals surface area contributed by atoms with E-state index in [0.29, 0.717) is 28.0 Å². The van der Waals surface area contributed by atoms with Crippen molar-refractivity contribution in [2.24, 2.45) is 29.2 Å². The minimum absolute atomic E-state index is 0.0192. The van der Waals surface area contributed by atoms with Crippen LogP contribution in [0.4, 0.5) is 0 Å². The van der Waals surface area contributed by atoms with Crippen molar-refractivity contribution in [3.05, 3.63) is 138 Å². The Bertz CT molecular complexity index is 3980. The number of hydrogen-bond acceptors (Lipinski definition) is 20. The van der Waals surface area contributed by atoms with Crippen LogP contribution in [0.2, 0.25) is 0 Å². The van der Waals surface area contributed by atoms with Crippen LogP contribution in [-0.4, -0.2) is 236 Å². The summed E-state index contributed by atoms with van der Waals surface area (Å²) in [6.07, 6.45) is -1.56. The Hall–Kier alpha value is -11.2. The van der Waals surface area contributed by atoms with Gasteiger partial charge < -0.3 is 106 Å². The topological polar surface area (TPSA) is 564 Å². The number of benzene rings is 4. The zero-order valence-electron chi connectivity index (χ0n) is 67.3. The predicted octanol–water partition coefficient (Wildman–Crippen LogP) is -0.599. The highest BCUT2D eigenvalue weighted by atomic mass is 32.2. The SMILES string of the molecule is CSCC[C@H](NC(=O)[C@@H](N)C(C)C)C(=O)N[C@@H](Cc1ccc(O)cc1)C(=O)N[C@@H](CCCNC(=N)N)C(=O)N[C@@H](CO)C(=O)N[C@@H](CC(C)C)C(=O)N1CCC[C@H]1C(=O)N[C@@H](CC(C)C)C(=O)N[C@@H](CCC(=O)O)C(=O)N[C@@H](Cc1ccccc1)C(=O)N[C@@H](Cc1ccccc1)C(=O)N[C@@H](Cc1ccccc1)C(=O)N[C@H](C(=O)O)[C@@H](C)O. The molecule has 4 aromatic rings. The van der Waals surface area contributed by atoms with Gasteiger partial charge in [-0.2, -0.15) is 11.8 Å². The number of aromatic hydroxyl groups is 1. The first-order valence-electron chi connectivity index (χ1n) is 39.1. The van der Waals surface area contributed by atoms with Crippen LogP contribution in [0.25, 0.3) is 0 Å². The Labute approximate surface area is 684 Å². The van der Waals surface area contributed by atoms with Crippen molar-refractivity contribution in [1.82, 2.24) is 68.7 Å². The normalized spacial score (nSPS) is 15.9. The van der Waals surface area contributed by atoms with E-state index in [0.717, 1.165) is 6.92 Å². The lowest BCUT2D eigenvalue weighted by molar-refractivity contribution is -0.145. The van der Waals surface area contributed by atoms with Gasteiger partial charge in [0.15, 0.2) is 12.0 Å². The third kappa shape index (κ3) is 33.1. The molecule has 0 bridgehead atoms. The third-order valence-electron chi connectivity index (χ3n) is 19.3. The van der Waals surface area contributed by atoms with Gasteiger partial charge in [-0.3, -0.25) is 67.7 Å². The molecule has 1 aliphatic heterocycles. The van der Waals surface area contributed by atoms with Gasteiger partial charge in [0, 0.05) is 45.2 Å². The predicted molar refractivity (Wildman–Crippen MR) is 435 cm³/mol. The first-order chi connectivity index (χ1) is 55.5. The molecule has 22 N–H and O–H groups in total. The minimum Gasteiger partial charge on any atom is -0.508 e. The number of rotatable bonds is 49. The summed E-state index contributed by atoms with van der Waals surface area (Å²) in [7, 11) is 0. The first-order valence-corrected chi connectivity index (χ1v) is 40.5. The lowest BCUT2D eigenvalue weighted by Crippen LogP contribution is -2.61. The van der Waals surface area contributed by atoms with Crippen molar-refractivity contribution in [2.45, 2.75) is 217 Å². The maximum atomic E-state index is 14.9. The van der Waals surface area contributed by atoms with Gasteiger partial charge in [0.05, 0.1) is 18.8 Å². The lowest BCUT2D eigenvalue weighted by atomic mass is 10.00. The molecule has 1 saturated heterocycles. The van der Waals surface area contributed by atoms with Crippen molar-refractivity contribution < 1.29 is 92.7 Å². The number of nitrogens with one attached hydrogen (secondary N) is 13. The molecule has 0 radical (unpaired) electrons. The number of carboxylic acid groups (broad SMARTS) is 2. The lowest BCUT2D eigenvalue weighted by Gasteiger charge is -2.32. The van der Waals surface area contributed by atoms with Crippen molar-refractivity contribution in [1.29, 1.82) is 5.41 Å². The quantitative estimate of drug-likeness (QED) is 0.0149. The summed E-state index contributed by atoms with van der Waals surface area (Å²) in [5.41, 5.74) is 13.7. The van der Waals surface area contributed by atoms with Crippen LogP contribution in [0.1, 0.15) is 129 Å². The molecular weight excluding hydrogens is 1530 g/mol. The number of nitrogens with two attached hydrogens (primary N) is 2. The molecule has 1 fully saturated rings. The van der Waals surface area contributed by atoms with Crippen molar-refractivity contribution in [3.8, 4) is 5.75 Å². The van der Waals surface area contributed by atoms with E-state index in [2.05, 4.69) is 63.8 Å². The largest absolute Gasteiger partial charge is 0.508 e. The molecule has 35 nitrogen and oxygen atoms in total. The van der Waals surface area contributed by atoms with Crippen LogP contribution in [-0.2, 0) is 92.8 Å². The number of nitrogens with zero attached hydrogens (tertiary/aromatic N) is 1. The molecule has 0 aliphatic carbocycles. The Balaban J connectivity index is 1.38. The summed E-state index contributed by atoms with van der Waals surface area (Å²) in [5.74, 6) is -14.7. The standard InChI is InChI=1S/C81H116N16O19S/c1-45(2)38-57(71(106)87-55(32-33-65(101)102)69(104)89-58(40-49-20-12-9-13-21-49)73(108)91-59(41-50-22-14-10-15-23-50)74(109)92-61(42-51-24-16-11-17-25-51)75(110)96-67(48(7)99)80(115)116)93-77(112)64-27-19-36-97(64)79(114)62(39-46(3)4)94-76(111)63(44-98)95-68(103)54(26-18-35-85-81(83)84)86-72(107)60(43-52-28-30-53(100)31-29-52)90-70(105)56(34-37-117-8)88-78(113)66(82)47(5)6/h9-17,20-25,28-31,45-48,54-64,66-67,98-100H,18-19,26-27,32-44,82H2,1-8H3,(H,86,107)(H,87,106)(H,88,113)(H,89,104)(H,90,105)(H,91,108)(H,92,109)(H,93,112)(H,94,111)(H,95,103)(H,96,110)(H,101,102)(H,115,116)(H4,83,84,85)/t48-,54+,55+,56+,57+,58+,59+,60+,61+,62+,63+,64+,66+,67+/m1/s1. The van der Waals surface area contributed by atoms with Crippen LogP contribution < -0.4 is 75.3 Å². The number of guanidine groups is 1. The van der Waals surface area contributed by atoms with Crippen LogP contribution in [0.15, 0.2) is 115 Å². The van der Waals surface area contributed by atoms with Gasteiger partial charge >= 0.3 is 11.9 Å². The van der Waals surface area contributed by atoms with Gasteiger partial charge in [0.2, 0.25) is 70.9 Å². The van der Waals surface area contributed by atoms with Gasteiger partial charge in [-0.25, -0.2) is 4.79 Å². The zero-order chi connectivity index (χ0) is 86.6. The zero-order valence-corrected chi connectivity index (χ0v) is 68.1. The maximum Gasteiger partial charge on any atom is 0.328 e. The Morgan fingerprint density at radius 3 is 1.27 bits per heavy atom. The number of amides is 12. The number of phenols is 1. The van der Waals surface area contributed by atoms with E-state index in [1.54, 1.807) is 139 Å². The van der Waals surface area contributed by atoms with Crippen LogP contribution in [0.3, 0.4) is 0 Å². The van der Waals surface area contributed by atoms with Gasteiger partial charge in [-0.15, -0.1) is 0 Å². The average Bonchev–Trinajstić information content (AvgIpc) is 1.66. The second-order valence-corrected chi connectivity index (χ2v) is 31.2. The number of carboxylic acids is 2. The number of aliphatic hydroxyl groups excluding tert-OH is 2. The molecule has 640 valence electrons. The summed E-state index contributed by atoms with van der Waals surface area (Å²) < 4.78 is 0. The van der Waals surface area contributed by atoms with E-state index in [4.69, 9.17) is 16.9 Å². The second-order valence-electron chi connectivity index (χ2n) is 30.2. The molecule has 117 heavy (non-hydrogen) atoms. The molecule has 5 rings (SSSR count). The molecule has 0 spiro atoms. The fourth-order valence-corrected chi connectivity index (χ4v) is 13.3. The third-order valence-corrected chi connectivity index (χ3v) is 19.9. The molecule has 0 saturated carbocycles. The number of phenolic OH excluding ortho intramolecular Hbond substituents is 1. The number of carbonyl (C=O) groups is 14. The Kier molecular flexibility index (Phi) is 40.3. The molecule has 1 heterocycles. The number of carbonyl (C=O) groups excluding carboxylic acids is 12. The van der Waals surface area contributed by atoms with Crippen molar-refractivity contribution in [3.63, 3.8) is 0 Å². The molecule has 12 amide bonds. The monoisotopic (exact) mass is 1650 g/mol. The van der Waals surface area contributed by atoms with Crippen molar-refractivity contribution in [2.75, 3.05) is 31.7 Å². The summed E-state index contributed by atoms with van der Waals surface area (Å²) >= 11 is 1.40. The number of aliphatic hydroxyl groups is 2. The minimum atomic E-state index is -1.79. The summed E-state index contributed by atoms with van der Waals surface area (Å²) in [6, 6.07) is 11.9. The van der Waals surface area contributed by atoms with Gasteiger partial charge in [-0.1, -0.05) is 145 Å². The van der Waals surface area contributed by atoms with Gasteiger partial charge in [0.25, 0.3) is 0 Å². The number of thioether (sulfide) groups is 1. The number of aliphatic carboxylic acids is 2. The molecule has 36 heteroatoms. The number of hydrogen-bond donors (Lipinski definition) is 20. The van der Waals surface area contributed by atoms with Crippen molar-refractivity contribution >= 4 is 101 Å². The fourth-order valence-electron chi connectivity index (χ4n) is 12.8. The molecule has 0 aromatic heterocycles. The van der Waals surface area contributed by atoms with Gasteiger partial charge in [-0.05, 0) is 122 Å². The van der Waals surface area contributed by atoms with E-state index < -0.39 is 193 Å². The van der Waals surface area contributed by atoms with Gasteiger partial charge in [0.1, 0.15) is 72.2 Å². The number of likely N-dealkylation sites (tertiary alicyclic amines) is 1. The smallest absolute Gasteiger partial charge is 0.328 e. The Morgan fingerprint density at radius 1 is 0.487 bits per heavy atom.